The third-order valence-corrected chi connectivity index (χ3v) is 4.35. The Labute approximate surface area is 164 Å². The molecule has 0 saturated carbocycles. The summed E-state index contributed by atoms with van der Waals surface area (Å²) in [6.45, 7) is 1.94. The van der Waals surface area contributed by atoms with Crippen LogP contribution in [0.4, 0.5) is 10.1 Å². The summed E-state index contributed by atoms with van der Waals surface area (Å²) in [5.41, 5.74) is 0.807. The zero-order valence-electron chi connectivity index (χ0n) is 14.8. The molecular formula is C19H16FN3O4S. The average molecular weight is 401 g/mol. The Morgan fingerprint density at radius 1 is 1.14 bits per heavy atom. The number of nitrogens with zero attached hydrogens (tertiary/aromatic N) is 2. The summed E-state index contributed by atoms with van der Waals surface area (Å²) >= 11 is 1.00. The highest BCUT2D eigenvalue weighted by Gasteiger charge is 2.16. The van der Waals surface area contributed by atoms with Gasteiger partial charge in [0.15, 0.2) is 0 Å². The molecule has 2 aromatic carbocycles. The number of para-hydroxylation sites is 1. The Balaban J connectivity index is 1.62. The number of anilines is 1. The fourth-order valence-electron chi connectivity index (χ4n) is 2.30. The van der Waals surface area contributed by atoms with Crippen molar-refractivity contribution in [1.29, 1.82) is 0 Å². The number of nitrogens with one attached hydrogen (secondary N) is 1. The second kappa shape index (κ2) is 9.14. The summed E-state index contributed by atoms with van der Waals surface area (Å²) in [6.07, 6.45) is 0. The third-order valence-electron chi connectivity index (χ3n) is 3.53. The van der Waals surface area contributed by atoms with Gasteiger partial charge in [-0.25, -0.2) is 9.18 Å². The first-order valence-electron chi connectivity index (χ1n) is 8.35. The first-order chi connectivity index (χ1) is 13.6. The van der Waals surface area contributed by atoms with Crippen LogP contribution >= 0.6 is 11.8 Å². The number of hydrogen-bond donors (Lipinski definition) is 1. The van der Waals surface area contributed by atoms with Crippen molar-refractivity contribution in [3.8, 4) is 11.5 Å². The van der Waals surface area contributed by atoms with E-state index < -0.39 is 11.8 Å². The molecule has 1 amide bonds. The van der Waals surface area contributed by atoms with Gasteiger partial charge in [-0.3, -0.25) is 4.79 Å². The number of rotatable bonds is 7. The fraction of sp³-hybridized carbons (Fsp3) is 0.158. The zero-order valence-corrected chi connectivity index (χ0v) is 15.7. The maximum atomic E-state index is 13.8. The first-order valence-corrected chi connectivity index (χ1v) is 9.34. The van der Waals surface area contributed by atoms with Gasteiger partial charge in [-0.05, 0) is 31.2 Å². The van der Waals surface area contributed by atoms with E-state index in [2.05, 4.69) is 15.5 Å². The number of benzene rings is 2. The highest BCUT2D eigenvalue weighted by Crippen LogP contribution is 2.25. The van der Waals surface area contributed by atoms with Crippen molar-refractivity contribution in [3.63, 3.8) is 0 Å². The van der Waals surface area contributed by atoms with Crippen LogP contribution in [0.3, 0.4) is 0 Å². The standard InChI is InChI=1S/C19H16FN3O4S/c1-2-26-18(25)13-8-4-6-10-15(13)21-16(24)11-28-19-23-22-17(27-19)12-7-3-5-9-14(12)20/h3-10H,2,11H2,1H3,(H,21,24). The van der Waals surface area contributed by atoms with Crippen LogP contribution in [0.25, 0.3) is 11.5 Å². The second-order valence-corrected chi connectivity index (χ2v) is 6.38. The average Bonchev–Trinajstić information content (AvgIpc) is 3.16. The molecule has 0 atom stereocenters. The molecule has 3 aromatic rings. The molecule has 9 heteroatoms. The molecule has 7 nitrogen and oxygen atoms in total. The number of hydrogen-bond acceptors (Lipinski definition) is 7. The van der Waals surface area contributed by atoms with Crippen LogP contribution in [0.5, 0.6) is 0 Å². The predicted octanol–water partition coefficient (Wildman–Crippen LogP) is 3.78. The number of carbonyl (C=O) groups excluding carboxylic acids is 2. The lowest BCUT2D eigenvalue weighted by molar-refractivity contribution is -0.113. The van der Waals surface area contributed by atoms with Crippen molar-refractivity contribution in [2.75, 3.05) is 17.7 Å². The summed E-state index contributed by atoms with van der Waals surface area (Å²) < 4.78 is 24.1. The quantitative estimate of drug-likeness (QED) is 0.475. The van der Waals surface area contributed by atoms with Crippen LogP contribution in [0, 0.1) is 5.82 Å². The topological polar surface area (TPSA) is 94.3 Å². The molecule has 1 aromatic heterocycles. The van der Waals surface area contributed by atoms with Gasteiger partial charge in [0.1, 0.15) is 5.82 Å². The molecule has 0 fully saturated rings. The largest absolute Gasteiger partial charge is 0.462 e. The van der Waals surface area contributed by atoms with Crippen molar-refractivity contribution in [2.45, 2.75) is 12.1 Å². The van der Waals surface area contributed by atoms with Gasteiger partial charge in [0.25, 0.3) is 11.1 Å². The van der Waals surface area contributed by atoms with E-state index in [-0.39, 0.29) is 40.5 Å². The van der Waals surface area contributed by atoms with Gasteiger partial charge >= 0.3 is 5.97 Å². The molecule has 0 aliphatic carbocycles. The first kappa shape index (κ1) is 19.6. The van der Waals surface area contributed by atoms with E-state index in [0.717, 1.165) is 11.8 Å². The minimum absolute atomic E-state index is 0.0317. The van der Waals surface area contributed by atoms with E-state index in [1.807, 2.05) is 0 Å². The van der Waals surface area contributed by atoms with E-state index in [9.17, 15) is 14.0 Å². The highest BCUT2D eigenvalue weighted by atomic mass is 32.2. The van der Waals surface area contributed by atoms with Gasteiger partial charge in [-0.1, -0.05) is 36.0 Å². The lowest BCUT2D eigenvalue weighted by Gasteiger charge is -2.09. The van der Waals surface area contributed by atoms with E-state index in [1.165, 1.54) is 12.1 Å². The number of thioether (sulfide) groups is 1. The van der Waals surface area contributed by atoms with Crippen LogP contribution in [0.15, 0.2) is 58.2 Å². The van der Waals surface area contributed by atoms with Gasteiger partial charge in [-0.15, -0.1) is 10.2 Å². The van der Waals surface area contributed by atoms with Crippen molar-refractivity contribution in [3.05, 3.63) is 59.9 Å². The lowest BCUT2D eigenvalue weighted by atomic mass is 10.2. The summed E-state index contributed by atoms with van der Waals surface area (Å²) in [5.74, 6) is -1.36. The molecule has 0 saturated heterocycles. The molecule has 0 aliphatic rings. The zero-order chi connectivity index (χ0) is 19.9. The summed E-state index contributed by atoms with van der Waals surface area (Å²) in [5, 5.41) is 10.4. The normalized spacial score (nSPS) is 10.5. The molecule has 0 radical (unpaired) electrons. The van der Waals surface area contributed by atoms with Crippen molar-refractivity contribution in [1.82, 2.24) is 10.2 Å². The Bertz CT molecular complexity index is 993. The van der Waals surface area contributed by atoms with E-state index >= 15 is 0 Å². The monoisotopic (exact) mass is 401 g/mol. The molecule has 3 rings (SSSR count). The van der Waals surface area contributed by atoms with E-state index in [0.29, 0.717) is 5.69 Å². The molecule has 1 heterocycles. The molecular weight excluding hydrogens is 385 g/mol. The van der Waals surface area contributed by atoms with Crippen LogP contribution in [-0.4, -0.2) is 34.4 Å². The summed E-state index contributed by atoms with van der Waals surface area (Å²) in [4.78, 5) is 24.2. The van der Waals surface area contributed by atoms with Gasteiger partial charge in [0.05, 0.1) is 29.2 Å². The SMILES string of the molecule is CCOC(=O)c1ccccc1NC(=O)CSc1nnc(-c2ccccc2F)o1. The van der Waals surface area contributed by atoms with Crippen molar-refractivity contribution < 1.29 is 23.1 Å². The number of aromatic nitrogens is 2. The highest BCUT2D eigenvalue weighted by molar-refractivity contribution is 7.99. The van der Waals surface area contributed by atoms with Crippen molar-refractivity contribution in [2.24, 2.45) is 0 Å². The minimum atomic E-state index is -0.516. The minimum Gasteiger partial charge on any atom is -0.462 e. The van der Waals surface area contributed by atoms with Crippen LogP contribution in [0.2, 0.25) is 0 Å². The van der Waals surface area contributed by atoms with Gasteiger partial charge in [0, 0.05) is 0 Å². The molecule has 1 N–H and O–H groups in total. The Kier molecular flexibility index (Phi) is 6.38. The van der Waals surface area contributed by atoms with Crippen LogP contribution in [-0.2, 0) is 9.53 Å². The van der Waals surface area contributed by atoms with E-state index in [4.69, 9.17) is 9.15 Å². The Hall–Kier alpha value is -3.20. The number of amides is 1. The van der Waals surface area contributed by atoms with Crippen LogP contribution in [0.1, 0.15) is 17.3 Å². The maximum Gasteiger partial charge on any atom is 0.340 e. The van der Waals surface area contributed by atoms with Gasteiger partial charge in [0.2, 0.25) is 5.91 Å². The Morgan fingerprint density at radius 2 is 1.89 bits per heavy atom. The van der Waals surface area contributed by atoms with Gasteiger partial charge in [-0.2, -0.15) is 0 Å². The number of esters is 1. The smallest absolute Gasteiger partial charge is 0.340 e. The van der Waals surface area contributed by atoms with Crippen molar-refractivity contribution >= 4 is 29.3 Å². The molecule has 0 unspecified atom stereocenters. The Morgan fingerprint density at radius 3 is 2.68 bits per heavy atom. The van der Waals surface area contributed by atoms with Gasteiger partial charge < -0.3 is 14.5 Å². The third kappa shape index (κ3) is 4.74. The number of ether oxygens (including phenoxy) is 1. The number of carbonyl (C=O) groups is 2. The lowest BCUT2D eigenvalue weighted by Crippen LogP contribution is -2.17. The fourth-order valence-corrected chi connectivity index (χ4v) is 2.87. The molecule has 144 valence electrons. The predicted molar refractivity (Wildman–Crippen MR) is 101 cm³/mol. The summed E-state index contributed by atoms with van der Waals surface area (Å²) in [7, 11) is 0. The summed E-state index contributed by atoms with van der Waals surface area (Å²) in [6, 6.07) is 12.6. The molecule has 0 aliphatic heterocycles. The second-order valence-electron chi connectivity index (χ2n) is 5.46. The van der Waals surface area contributed by atoms with E-state index in [1.54, 1.807) is 43.3 Å². The molecule has 0 spiro atoms. The molecule has 0 bridgehead atoms. The number of halogens is 1. The maximum absolute atomic E-state index is 13.8. The molecule has 28 heavy (non-hydrogen) atoms. The van der Waals surface area contributed by atoms with Crippen LogP contribution < -0.4 is 5.32 Å².